The number of hydrogen-bond donors (Lipinski definition) is 1. The lowest BCUT2D eigenvalue weighted by Crippen LogP contribution is -2.40. The van der Waals surface area contributed by atoms with Crippen molar-refractivity contribution < 1.29 is 19.1 Å². The van der Waals surface area contributed by atoms with Crippen LogP contribution in [0.15, 0.2) is 24.3 Å². The molecule has 5 heteroatoms. The van der Waals surface area contributed by atoms with Crippen LogP contribution in [0.1, 0.15) is 29.3 Å². The van der Waals surface area contributed by atoms with Gasteiger partial charge in [-0.25, -0.2) is 0 Å². The van der Waals surface area contributed by atoms with Crippen LogP contribution in [-0.2, 0) is 20.7 Å². The summed E-state index contributed by atoms with van der Waals surface area (Å²) in [6, 6.07) is 6.85. The molecule has 1 N–H and O–H groups in total. The van der Waals surface area contributed by atoms with Crippen molar-refractivity contribution in [1.82, 2.24) is 5.32 Å². The maximum atomic E-state index is 12.5. The third-order valence-electron chi connectivity index (χ3n) is 3.26. The highest BCUT2D eigenvalue weighted by Gasteiger charge is 2.22. The number of ether oxygens (including phenoxy) is 2. The molecule has 0 heterocycles. The highest BCUT2D eigenvalue weighted by Crippen LogP contribution is 2.10. The Morgan fingerprint density at radius 2 is 1.86 bits per heavy atom. The van der Waals surface area contributed by atoms with Gasteiger partial charge in [-0.15, -0.1) is 0 Å². The summed E-state index contributed by atoms with van der Waals surface area (Å²) in [5.74, 6) is -0.525. The van der Waals surface area contributed by atoms with Gasteiger partial charge in [0.1, 0.15) is 0 Å². The highest BCUT2D eigenvalue weighted by atomic mass is 16.5. The van der Waals surface area contributed by atoms with Gasteiger partial charge in [0, 0.05) is 19.2 Å². The number of nitrogens with one attached hydrogen (secondary N) is 1. The third kappa shape index (κ3) is 5.65. The van der Waals surface area contributed by atoms with Gasteiger partial charge in [-0.1, -0.05) is 31.2 Å². The highest BCUT2D eigenvalue weighted by molar-refractivity contribution is 6.01. The predicted molar refractivity (Wildman–Crippen MR) is 80.5 cm³/mol. The molecule has 0 fully saturated rings. The van der Waals surface area contributed by atoms with Crippen LogP contribution < -0.4 is 5.32 Å². The number of carbonyl (C=O) groups is 2. The summed E-state index contributed by atoms with van der Waals surface area (Å²) in [4.78, 5) is 23.9. The van der Waals surface area contributed by atoms with Crippen molar-refractivity contribution in [2.24, 2.45) is 0 Å². The SMILES string of the molecule is CCc1ccc(C(=O)C(CC(=O)OC)NCCOC)cc1. The molecule has 0 aliphatic carbocycles. The minimum Gasteiger partial charge on any atom is -0.469 e. The Hall–Kier alpha value is -1.72. The van der Waals surface area contributed by atoms with E-state index in [1.165, 1.54) is 12.7 Å². The number of hydrogen-bond acceptors (Lipinski definition) is 5. The molecule has 116 valence electrons. The van der Waals surface area contributed by atoms with Gasteiger partial charge in [0.2, 0.25) is 0 Å². The molecule has 1 atom stereocenters. The summed E-state index contributed by atoms with van der Waals surface area (Å²) in [6.07, 6.45) is 0.931. The first kappa shape index (κ1) is 17.3. The van der Waals surface area contributed by atoms with E-state index in [1.807, 2.05) is 12.1 Å². The molecular weight excluding hydrogens is 270 g/mol. The van der Waals surface area contributed by atoms with Gasteiger partial charge in [0.15, 0.2) is 5.78 Å². The third-order valence-corrected chi connectivity index (χ3v) is 3.26. The maximum absolute atomic E-state index is 12.5. The molecule has 1 aromatic carbocycles. The molecular formula is C16H23NO4. The zero-order valence-electron chi connectivity index (χ0n) is 12.8. The number of Topliss-reactive ketones (excluding diaryl/α,β-unsaturated/α-hetero) is 1. The molecule has 0 saturated heterocycles. The van der Waals surface area contributed by atoms with Gasteiger partial charge in [-0.05, 0) is 12.0 Å². The van der Waals surface area contributed by atoms with Crippen LogP contribution in [0.4, 0.5) is 0 Å². The van der Waals surface area contributed by atoms with Crippen molar-refractivity contribution in [2.75, 3.05) is 27.4 Å². The number of rotatable bonds is 9. The fourth-order valence-corrected chi connectivity index (χ4v) is 1.95. The van der Waals surface area contributed by atoms with E-state index in [9.17, 15) is 9.59 Å². The summed E-state index contributed by atoms with van der Waals surface area (Å²) in [5, 5.41) is 3.04. The van der Waals surface area contributed by atoms with Crippen molar-refractivity contribution in [3.8, 4) is 0 Å². The van der Waals surface area contributed by atoms with Crippen molar-refractivity contribution in [2.45, 2.75) is 25.8 Å². The molecule has 0 amide bonds. The Kier molecular flexibility index (Phi) is 7.64. The number of methoxy groups -OCH3 is 2. The standard InChI is InChI=1S/C16H23NO4/c1-4-12-5-7-13(8-6-12)16(19)14(11-15(18)21-3)17-9-10-20-2/h5-8,14,17H,4,9-11H2,1-3H3. The largest absolute Gasteiger partial charge is 0.469 e. The zero-order valence-corrected chi connectivity index (χ0v) is 12.8. The van der Waals surface area contributed by atoms with Crippen LogP contribution in [0.3, 0.4) is 0 Å². The van der Waals surface area contributed by atoms with Crippen LogP contribution in [0, 0.1) is 0 Å². The Balaban J connectivity index is 2.78. The fourth-order valence-electron chi connectivity index (χ4n) is 1.95. The van der Waals surface area contributed by atoms with Crippen LogP contribution >= 0.6 is 0 Å². The summed E-state index contributed by atoms with van der Waals surface area (Å²) < 4.78 is 9.60. The average Bonchev–Trinajstić information content (AvgIpc) is 2.53. The monoisotopic (exact) mass is 293 g/mol. The number of ketones is 1. The Morgan fingerprint density at radius 3 is 2.38 bits per heavy atom. The van der Waals surface area contributed by atoms with E-state index >= 15 is 0 Å². The van der Waals surface area contributed by atoms with Gasteiger partial charge >= 0.3 is 5.97 Å². The second-order valence-electron chi connectivity index (χ2n) is 4.69. The molecule has 0 aromatic heterocycles. The predicted octanol–water partition coefficient (Wildman–Crippen LogP) is 1.60. The molecule has 0 radical (unpaired) electrons. The van der Waals surface area contributed by atoms with Gasteiger partial charge in [-0.3, -0.25) is 9.59 Å². The van der Waals surface area contributed by atoms with E-state index in [2.05, 4.69) is 17.0 Å². The van der Waals surface area contributed by atoms with E-state index < -0.39 is 12.0 Å². The maximum Gasteiger partial charge on any atom is 0.307 e. The van der Waals surface area contributed by atoms with Gasteiger partial charge in [-0.2, -0.15) is 0 Å². The lowest BCUT2D eigenvalue weighted by Gasteiger charge is -2.16. The molecule has 0 aliphatic heterocycles. The molecule has 1 aromatic rings. The van der Waals surface area contributed by atoms with Crippen molar-refractivity contribution in [3.05, 3.63) is 35.4 Å². The first-order valence-corrected chi connectivity index (χ1v) is 7.04. The second kappa shape index (κ2) is 9.26. The van der Waals surface area contributed by atoms with E-state index in [1.54, 1.807) is 19.2 Å². The van der Waals surface area contributed by atoms with Gasteiger partial charge in [0.05, 0.1) is 26.2 Å². The Morgan fingerprint density at radius 1 is 1.19 bits per heavy atom. The van der Waals surface area contributed by atoms with Crippen molar-refractivity contribution in [3.63, 3.8) is 0 Å². The number of esters is 1. The van der Waals surface area contributed by atoms with E-state index in [0.29, 0.717) is 18.7 Å². The minimum atomic E-state index is -0.597. The summed E-state index contributed by atoms with van der Waals surface area (Å²) in [5.41, 5.74) is 1.76. The molecule has 1 rings (SSSR count). The van der Waals surface area contributed by atoms with Gasteiger partial charge < -0.3 is 14.8 Å². The lowest BCUT2D eigenvalue weighted by atomic mass is 10.00. The molecule has 1 unspecified atom stereocenters. The fraction of sp³-hybridized carbons (Fsp3) is 0.500. The number of aryl methyl sites for hydroxylation is 1. The molecule has 21 heavy (non-hydrogen) atoms. The molecule has 0 spiro atoms. The topological polar surface area (TPSA) is 64.6 Å². The average molecular weight is 293 g/mol. The smallest absolute Gasteiger partial charge is 0.307 e. The molecule has 0 saturated carbocycles. The van der Waals surface area contributed by atoms with Crippen LogP contribution in [0.5, 0.6) is 0 Å². The Labute approximate surface area is 125 Å². The summed E-state index contributed by atoms with van der Waals surface area (Å²) >= 11 is 0. The van der Waals surface area contributed by atoms with Crippen LogP contribution in [0.2, 0.25) is 0 Å². The summed E-state index contributed by atoms with van der Waals surface area (Å²) in [6.45, 7) is 3.03. The van der Waals surface area contributed by atoms with E-state index in [-0.39, 0.29) is 12.2 Å². The van der Waals surface area contributed by atoms with E-state index in [0.717, 1.165) is 6.42 Å². The first-order valence-electron chi connectivity index (χ1n) is 7.04. The minimum absolute atomic E-state index is 0.00851. The van der Waals surface area contributed by atoms with Gasteiger partial charge in [0.25, 0.3) is 0 Å². The molecule has 0 bridgehead atoms. The number of benzene rings is 1. The molecule has 0 aliphatic rings. The van der Waals surface area contributed by atoms with Crippen LogP contribution in [0.25, 0.3) is 0 Å². The second-order valence-corrected chi connectivity index (χ2v) is 4.69. The number of carbonyl (C=O) groups excluding carboxylic acids is 2. The lowest BCUT2D eigenvalue weighted by molar-refractivity contribution is -0.141. The first-order chi connectivity index (χ1) is 10.1. The normalized spacial score (nSPS) is 12.0. The Bertz CT molecular complexity index is 456. The van der Waals surface area contributed by atoms with Crippen LogP contribution in [-0.4, -0.2) is 45.2 Å². The van der Waals surface area contributed by atoms with Crippen molar-refractivity contribution >= 4 is 11.8 Å². The van der Waals surface area contributed by atoms with Crippen molar-refractivity contribution in [1.29, 1.82) is 0 Å². The molecule has 5 nitrogen and oxygen atoms in total. The quantitative estimate of drug-likeness (QED) is 0.425. The van der Waals surface area contributed by atoms with E-state index in [4.69, 9.17) is 4.74 Å². The summed E-state index contributed by atoms with van der Waals surface area (Å²) in [7, 11) is 2.90. The zero-order chi connectivity index (χ0) is 15.7.